The predicted octanol–water partition coefficient (Wildman–Crippen LogP) is 1.30. The van der Waals surface area contributed by atoms with Crippen LogP contribution in [0.3, 0.4) is 0 Å². The van der Waals surface area contributed by atoms with Gasteiger partial charge in [0.2, 0.25) is 0 Å². The van der Waals surface area contributed by atoms with E-state index in [4.69, 9.17) is 4.74 Å². The lowest BCUT2D eigenvalue weighted by atomic mass is 10.1. The molecule has 0 fully saturated rings. The summed E-state index contributed by atoms with van der Waals surface area (Å²) in [6, 6.07) is 0. The molecule has 0 aromatic carbocycles. The van der Waals surface area contributed by atoms with E-state index in [9.17, 15) is 9.00 Å². The summed E-state index contributed by atoms with van der Waals surface area (Å²) < 4.78 is 15.3. The van der Waals surface area contributed by atoms with Gasteiger partial charge in [-0.1, -0.05) is 0 Å². The Morgan fingerprint density at radius 2 is 1.79 bits per heavy atom. The number of alkyl carbamates (subject to hydrolysis) is 1. The molecule has 14 heavy (non-hydrogen) atoms. The molecule has 0 aliphatic carbocycles. The molecule has 0 aliphatic heterocycles. The van der Waals surface area contributed by atoms with Crippen molar-refractivity contribution in [2.75, 3.05) is 0 Å². The lowest BCUT2D eigenvalue weighted by molar-refractivity contribution is 0.0499. The van der Waals surface area contributed by atoms with Gasteiger partial charge in [-0.2, -0.15) is 0 Å². The summed E-state index contributed by atoms with van der Waals surface area (Å²) in [5.74, 6) is 0. The van der Waals surface area contributed by atoms with Crippen molar-refractivity contribution in [2.45, 2.75) is 45.8 Å². The first kappa shape index (κ1) is 13.2. The second kappa shape index (κ2) is 4.59. The molecule has 0 heterocycles. The molecule has 0 saturated heterocycles. The lowest BCUT2D eigenvalue weighted by Gasteiger charge is -2.25. The van der Waals surface area contributed by atoms with Crippen molar-refractivity contribution in [3.8, 4) is 0 Å². The molecule has 0 bridgehead atoms. The first-order valence-corrected chi connectivity index (χ1v) is 5.11. The molecule has 5 heteroatoms. The molecule has 0 rings (SSSR count). The monoisotopic (exact) mass is 219 g/mol. The van der Waals surface area contributed by atoms with Crippen LogP contribution in [0, 0.1) is 0 Å². The zero-order chi connectivity index (χ0) is 11.4. The maximum absolute atomic E-state index is 11.3. The van der Waals surface area contributed by atoms with Crippen molar-refractivity contribution < 1.29 is 13.7 Å². The third kappa shape index (κ3) is 6.65. The summed E-state index contributed by atoms with van der Waals surface area (Å²) in [4.78, 5) is 11.3. The quantitative estimate of drug-likeness (QED) is 0.712. The summed E-state index contributed by atoms with van der Waals surface area (Å²) in [7, 11) is 0. The zero-order valence-electron chi connectivity index (χ0n) is 9.21. The van der Waals surface area contributed by atoms with Gasteiger partial charge < -0.3 is 10.1 Å². The van der Waals surface area contributed by atoms with Gasteiger partial charge in [0.1, 0.15) is 5.60 Å². The average Bonchev–Trinajstić information content (AvgIpc) is 1.78. The molecule has 1 N–H and O–H groups in total. The van der Waals surface area contributed by atoms with Crippen LogP contribution in [-0.4, -0.2) is 26.8 Å². The molecule has 1 amide bonds. The van der Waals surface area contributed by atoms with Gasteiger partial charge in [-0.05, 0) is 34.6 Å². The highest BCUT2D eigenvalue weighted by Gasteiger charge is 2.22. The fourth-order valence-electron chi connectivity index (χ4n) is 0.716. The van der Waals surface area contributed by atoms with Crippen molar-refractivity contribution in [1.29, 1.82) is 0 Å². The Hall–Kier alpha value is -0.840. The van der Waals surface area contributed by atoms with Gasteiger partial charge >= 0.3 is 6.09 Å². The van der Waals surface area contributed by atoms with Gasteiger partial charge in [0.15, 0.2) is 0 Å². The molecular weight excluding hydrogens is 202 g/mol. The summed E-state index contributed by atoms with van der Waals surface area (Å²) in [6.45, 7) is 8.80. The smallest absolute Gasteiger partial charge is 0.408 e. The predicted molar refractivity (Wildman–Crippen MR) is 57.7 cm³/mol. The van der Waals surface area contributed by atoms with Crippen LogP contribution >= 0.6 is 0 Å². The molecular formula is C9H17NO3S. The fourth-order valence-corrected chi connectivity index (χ4v) is 1.02. The zero-order valence-corrected chi connectivity index (χ0v) is 10.0. The number of carbonyl (C=O) groups excluding carboxylic acids is 1. The molecule has 0 saturated carbocycles. The summed E-state index contributed by atoms with van der Waals surface area (Å²) in [6.07, 6.45) is -0.521. The summed E-state index contributed by atoms with van der Waals surface area (Å²) in [5, 5.41) is 3.98. The van der Waals surface area contributed by atoms with Crippen LogP contribution in [0.5, 0.6) is 0 Å². The van der Waals surface area contributed by atoms with Crippen molar-refractivity contribution in [3.63, 3.8) is 0 Å². The van der Waals surface area contributed by atoms with Crippen LogP contribution < -0.4 is 5.32 Å². The molecule has 0 radical (unpaired) electrons. The minimum Gasteiger partial charge on any atom is -0.444 e. The largest absolute Gasteiger partial charge is 0.444 e. The average molecular weight is 219 g/mol. The van der Waals surface area contributed by atoms with Crippen LogP contribution in [0.4, 0.5) is 4.79 Å². The van der Waals surface area contributed by atoms with E-state index in [0.717, 1.165) is 0 Å². The van der Waals surface area contributed by atoms with Gasteiger partial charge in [-0.3, -0.25) is 0 Å². The Kier molecular flexibility index (Phi) is 4.32. The third-order valence-corrected chi connectivity index (χ3v) is 1.85. The van der Waals surface area contributed by atoms with Crippen LogP contribution in [0.25, 0.3) is 0 Å². The van der Waals surface area contributed by atoms with Crippen LogP contribution in [0.2, 0.25) is 0 Å². The normalized spacial score (nSPS) is 11.8. The van der Waals surface area contributed by atoms with Crippen LogP contribution in [0.15, 0.2) is 0 Å². The molecule has 0 unspecified atom stereocenters. The van der Waals surface area contributed by atoms with E-state index in [1.165, 1.54) is 5.37 Å². The highest BCUT2D eigenvalue weighted by molar-refractivity contribution is 7.65. The number of carbonyl (C=O) groups is 1. The Bertz CT molecular complexity index is 262. The van der Waals surface area contributed by atoms with Gasteiger partial charge in [0.05, 0.1) is 16.8 Å². The Morgan fingerprint density at radius 1 is 1.29 bits per heavy atom. The SMILES string of the molecule is CC(C)(C=S=O)NC(=O)OC(C)(C)C. The van der Waals surface area contributed by atoms with Gasteiger partial charge in [-0.25, -0.2) is 9.00 Å². The van der Waals surface area contributed by atoms with E-state index < -0.39 is 17.2 Å². The second-order valence-corrected chi connectivity index (χ2v) is 4.99. The number of hydrogen-bond acceptors (Lipinski definition) is 3. The Labute approximate surface area is 88.1 Å². The Balaban J connectivity index is 4.26. The van der Waals surface area contributed by atoms with E-state index in [2.05, 4.69) is 5.32 Å². The molecule has 0 atom stereocenters. The first-order chi connectivity index (χ1) is 6.16. The van der Waals surface area contributed by atoms with Crippen LogP contribution in [0.1, 0.15) is 34.6 Å². The van der Waals surface area contributed by atoms with E-state index >= 15 is 0 Å². The van der Waals surface area contributed by atoms with E-state index in [1.54, 1.807) is 34.6 Å². The van der Waals surface area contributed by atoms with E-state index in [0.29, 0.717) is 11.3 Å². The maximum Gasteiger partial charge on any atom is 0.408 e. The van der Waals surface area contributed by atoms with Crippen molar-refractivity contribution in [3.05, 3.63) is 0 Å². The van der Waals surface area contributed by atoms with Gasteiger partial charge in [0.25, 0.3) is 0 Å². The minimum absolute atomic E-state index is 0.323. The van der Waals surface area contributed by atoms with Gasteiger partial charge in [0, 0.05) is 5.37 Å². The molecule has 4 nitrogen and oxygen atoms in total. The number of rotatable bonds is 2. The molecule has 0 spiro atoms. The summed E-state index contributed by atoms with van der Waals surface area (Å²) in [5.41, 5.74) is -1.18. The first-order valence-electron chi connectivity index (χ1n) is 4.30. The van der Waals surface area contributed by atoms with E-state index in [1.807, 2.05) is 0 Å². The maximum atomic E-state index is 11.3. The van der Waals surface area contributed by atoms with E-state index in [-0.39, 0.29) is 0 Å². The van der Waals surface area contributed by atoms with Crippen LogP contribution in [-0.2, 0) is 16.0 Å². The minimum atomic E-state index is -0.658. The number of amides is 1. The number of nitrogens with one attached hydrogen (secondary N) is 1. The Morgan fingerprint density at radius 3 is 2.14 bits per heavy atom. The van der Waals surface area contributed by atoms with Crippen molar-refractivity contribution in [1.82, 2.24) is 5.32 Å². The second-order valence-electron chi connectivity index (χ2n) is 4.56. The standard InChI is InChI=1S/C9H17NO3S/c1-8(2,3)13-7(11)10-9(4,5)6-14-12/h6H,1-5H3,(H,10,11). The molecule has 0 aromatic heterocycles. The highest BCUT2D eigenvalue weighted by Crippen LogP contribution is 2.08. The topological polar surface area (TPSA) is 55.4 Å². The lowest BCUT2D eigenvalue weighted by Crippen LogP contribution is -2.46. The molecule has 0 aromatic rings. The van der Waals surface area contributed by atoms with Crippen molar-refractivity contribution in [2.24, 2.45) is 0 Å². The van der Waals surface area contributed by atoms with Crippen molar-refractivity contribution >= 4 is 22.7 Å². The molecule has 82 valence electrons. The fraction of sp³-hybridized carbons (Fsp3) is 0.778. The summed E-state index contributed by atoms with van der Waals surface area (Å²) >= 11 is 0.323. The number of hydrogen-bond donors (Lipinski definition) is 1. The highest BCUT2D eigenvalue weighted by atomic mass is 32.1. The third-order valence-electron chi connectivity index (χ3n) is 1.17. The number of ether oxygens (including phenoxy) is 1. The van der Waals surface area contributed by atoms with Gasteiger partial charge in [-0.15, -0.1) is 0 Å². The molecule has 0 aliphatic rings.